The average molecular weight is 1090 g/mol. The number of ether oxygens (including phenoxy) is 4. The van der Waals surface area contributed by atoms with Crippen molar-refractivity contribution in [2.45, 2.75) is 243 Å². The molecule has 0 bridgehead atoms. The molecule has 7 heterocycles. The number of β-amino-alcohol motifs (C(OH)–C–C–N with tert-alkyl or cyclic N) is 1. The predicted molar refractivity (Wildman–Crippen MR) is 254 cm³/mol. The number of nitrogens with one attached hydrogen (secondary N) is 3. The molecule has 0 aliphatic carbocycles. The van der Waals surface area contributed by atoms with E-state index >= 15 is 0 Å². The highest BCUT2D eigenvalue weighted by molar-refractivity contribution is 15.0. The highest BCUT2D eigenvalue weighted by Crippen LogP contribution is 2.50. The van der Waals surface area contributed by atoms with Gasteiger partial charge in [0.15, 0.2) is 16.8 Å². The van der Waals surface area contributed by atoms with Crippen LogP contribution in [0.3, 0.4) is 0 Å². The van der Waals surface area contributed by atoms with Gasteiger partial charge in [-0.3, -0.25) is 14.4 Å². The molecule has 7 fully saturated rings. The van der Waals surface area contributed by atoms with Gasteiger partial charge < -0.3 is 54.7 Å². The zero-order valence-electron chi connectivity index (χ0n) is 40.6. The second-order valence-electron chi connectivity index (χ2n) is 24.7. The van der Waals surface area contributed by atoms with Crippen molar-refractivity contribution in [3.63, 3.8) is 0 Å². The monoisotopic (exact) mass is 1090 g/mol. The molecule has 0 aromatic rings. The summed E-state index contributed by atoms with van der Waals surface area (Å²) in [5, 5.41) is 22.2. The second kappa shape index (κ2) is 16.1. The smallest absolute Gasteiger partial charge is 0.257 e. The molecule has 0 saturated carbocycles. The van der Waals surface area contributed by atoms with E-state index in [1.165, 1.54) is 0 Å². The number of nitrogens with zero attached hydrogens (tertiary/aromatic N) is 3. The maximum absolute atomic E-state index is 14.0. The zero-order valence-corrected chi connectivity index (χ0v) is 44.9. The number of halogens is 2. The van der Waals surface area contributed by atoms with E-state index in [0.717, 1.165) is 6.61 Å². The van der Waals surface area contributed by atoms with Crippen LogP contribution >= 0.6 is 37.2 Å². The topological polar surface area (TPSA) is 157 Å². The maximum atomic E-state index is 14.0. The fourth-order valence-electron chi connectivity index (χ4n) is 13.1. The summed E-state index contributed by atoms with van der Waals surface area (Å²) < 4.78 is 24.8. The molecule has 0 radical (unpaired) electrons. The third-order valence-corrected chi connectivity index (χ3v) is 13.2. The van der Waals surface area contributed by atoms with Crippen molar-refractivity contribution in [2.75, 3.05) is 26.2 Å². The van der Waals surface area contributed by atoms with Gasteiger partial charge in [-0.15, -0.1) is 0 Å². The van der Waals surface area contributed by atoms with Gasteiger partial charge in [0.1, 0.15) is 17.2 Å². The molecule has 0 aromatic heterocycles. The van der Waals surface area contributed by atoms with E-state index in [2.05, 4.69) is 136 Å². The van der Waals surface area contributed by atoms with Gasteiger partial charge in [0.05, 0.1) is 38.4 Å². The number of rotatable bonds is 6. The van der Waals surface area contributed by atoms with Crippen molar-refractivity contribution in [1.82, 2.24) is 30.7 Å². The zero-order chi connectivity index (χ0) is 46.6. The fourth-order valence-corrected chi connectivity index (χ4v) is 13.1. The van der Waals surface area contributed by atoms with E-state index in [-0.39, 0.29) is 70.1 Å². The van der Waals surface area contributed by atoms with E-state index in [1.807, 2.05) is 46.4 Å². The summed E-state index contributed by atoms with van der Waals surface area (Å²) in [4.78, 5) is 46.3. The quantitative estimate of drug-likeness (QED) is 0.174. The molecule has 7 aliphatic heterocycles. The van der Waals surface area contributed by atoms with Gasteiger partial charge in [0.25, 0.3) is 17.7 Å². The number of carbonyl (C=O) groups excluding carboxylic acids is 3. The Labute approximate surface area is 390 Å². The first-order chi connectivity index (χ1) is 27.3. The number of aliphatic hydroxyl groups excluding tert-OH is 1. The molecule has 3 spiro atoms. The number of hydrogen-bond donors (Lipinski definition) is 4. The molecule has 7 rings (SSSR count). The van der Waals surface area contributed by atoms with Crippen LogP contribution in [0.15, 0.2) is 0 Å². The van der Waals surface area contributed by atoms with Crippen molar-refractivity contribution in [3.8, 4) is 0 Å². The molecule has 16 heteroatoms. The average Bonchev–Trinajstić information content (AvgIpc) is 3.75. The standard InChI is InChI=1S/C29H52N4O5.C16H28N2O3.I2/c1-22(2)15-28(16-23(3,4)30-22)20(35)32(26(9,10)37-28)13-19(34)14-33-21(36)29(38-27(33,11)12)17-24(5,6)31-25(7,8)18-29;1-13(2)9-16(10-14(3,4)17-13)12(19)18(7-11-8-20-11)15(5,6)21-16;1-2/h19,30-31,34H,13-18H2,1-12H3;11,17H,7-10H2,1-6H3;. The molecule has 1 unspecified atom stereocenters. The molecule has 7 saturated heterocycles. The van der Waals surface area contributed by atoms with Crippen molar-refractivity contribution < 1.29 is 38.4 Å². The lowest BCUT2D eigenvalue weighted by molar-refractivity contribution is -0.159. The van der Waals surface area contributed by atoms with Gasteiger partial charge in [-0.2, -0.15) is 0 Å². The lowest BCUT2D eigenvalue weighted by Crippen LogP contribution is -2.66. The van der Waals surface area contributed by atoms with E-state index in [9.17, 15) is 19.5 Å². The molecule has 3 amide bonds. The molecule has 352 valence electrons. The molecule has 7 aliphatic rings. The van der Waals surface area contributed by atoms with E-state index in [0.29, 0.717) is 45.1 Å². The minimum Gasteiger partial charge on any atom is -0.389 e. The normalized spacial score (nSPS) is 31.9. The second-order valence-corrected chi connectivity index (χ2v) is 24.7. The minimum atomic E-state index is -0.955. The largest absolute Gasteiger partial charge is 0.389 e. The van der Waals surface area contributed by atoms with Crippen LogP contribution in [0.5, 0.6) is 0 Å². The molecule has 1 atom stereocenters. The highest BCUT2D eigenvalue weighted by atomic mass is 128. The molecule has 0 aromatic carbocycles. The SMILES string of the molecule is CC1(C)CC2(CC(C)(C)N1)OC(C)(C)N(CC(O)CN1C(=O)C3(CC(C)(C)NC(C)(C)C3)OC1(C)C)C2=O.CC1(C)CC2(CC(C)(C)N1)OC(C)(C)N(CC1CO1)C2=O.II. The summed E-state index contributed by atoms with van der Waals surface area (Å²) in [5.41, 5.74) is -6.33. The summed E-state index contributed by atoms with van der Waals surface area (Å²) in [6.45, 7) is 38.4. The van der Waals surface area contributed by atoms with Crippen LogP contribution in [-0.2, 0) is 33.3 Å². The number of piperidine rings is 3. The van der Waals surface area contributed by atoms with Gasteiger partial charge in [-0.25, -0.2) is 0 Å². The maximum Gasteiger partial charge on any atom is 0.257 e. The molecule has 61 heavy (non-hydrogen) atoms. The Kier molecular flexibility index (Phi) is 13.6. The van der Waals surface area contributed by atoms with Crippen LogP contribution in [0.1, 0.15) is 163 Å². The molecule has 14 nitrogen and oxygen atoms in total. The lowest BCUT2D eigenvalue weighted by Gasteiger charge is -2.50. The first-order valence-electron chi connectivity index (χ1n) is 22.2. The Hall–Kier alpha value is -0.450. The van der Waals surface area contributed by atoms with Gasteiger partial charge >= 0.3 is 0 Å². The number of amides is 3. The van der Waals surface area contributed by atoms with Crippen LogP contribution in [0.4, 0.5) is 0 Å². The van der Waals surface area contributed by atoms with E-state index in [1.54, 1.807) is 9.80 Å². The molecular formula is C45H80I2N6O8. The van der Waals surface area contributed by atoms with Crippen LogP contribution in [0.2, 0.25) is 0 Å². The lowest BCUT2D eigenvalue weighted by atomic mass is 9.72. The first-order valence-corrected chi connectivity index (χ1v) is 28.5. The number of aliphatic hydroxyl groups is 1. The number of carbonyl (C=O) groups is 3. The first kappa shape index (κ1) is 51.5. The fraction of sp³-hybridized carbons (Fsp3) is 0.933. The van der Waals surface area contributed by atoms with Crippen molar-refractivity contribution in [3.05, 3.63) is 0 Å². The Morgan fingerprint density at radius 1 is 0.508 bits per heavy atom. The van der Waals surface area contributed by atoms with Crippen molar-refractivity contribution >= 4 is 55.0 Å². The summed E-state index contributed by atoms with van der Waals surface area (Å²) in [6.07, 6.45) is 2.83. The van der Waals surface area contributed by atoms with E-state index < -0.39 is 40.1 Å². The third-order valence-electron chi connectivity index (χ3n) is 13.2. The Bertz CT molecular complexity index is 1580. The predicted octanol–water partition coefficient (Wildman–Crippen LogP) is 6.33. The van der Waals surface area contributed by atoms with Crippen molar-refractivity contribution in [2.24, 2.45) is 0 Å². The van der Waals surface area contributed by atoms with Crippen LogP contribution in [0, 0.1) is 0 Å². The third kappa shape index (κ3) is 10.9. The Morgan fingerprint density at radius 2 is 0.738 bits per heavy atom. The summed E-state index contributed by atoms with van der Waals surface area (Å²) in [6, 6.07) is 0. The highest BCUT2D eigenvalue weighted by Gasteiger charge is 2.65. The summed E-state index contributed by atoms with van der Waals surface area (Å²) in [7, 11) is 0. The van der Waals surface area contributed by atoms with Gasteiger partial charge in [-0.1, -0.05) is 0 Å². The number of epoxide rings is 1. The molecular weight excluding hydrogens is 1010 g/mol. The van der Waals surface area contributed by atoms with Crippen LogP contribution in [-0.4, -0.2) is 143 Å². The van der Waals surface area contributed by atoms with Gasteiger partial charge in [0, 0.05) is 109 Å². The van der Waals surface area contributed by atoms with Crippen LogP contribution < -0.4 is 16.0 Å². The van der Waals surface area contributed by atoms with E-state index in [4.69, 9.17) is 18.9 Å². The van der Waals surface area contributed by atoms with Crippen LogP contribution in [0.25, 0.3) is 0 Å². The van der Waals surface area contributed by atoms with Gasteiger partial charge in [0.2, 0.25) is 0 Å². The minimum absolute atomic E-state index is 0.0767. The Balaban J connectivity index is 0.000000257. The Morgan fingerprint density at radius 3 is 0.984 bits per heavy atom. The van der Waals surface area contributed by atoms with Gasteiger partial charge in [-0.05, 0) is 125 Å². The van der Waals surface area contributed by atoms with Crippen molar-refractivity contribution in [1.29, 1.82) is 0 Å². The molecule has 4 N–H and O–H groups in total. The summed E-state index contributed by atoms with van der Waals surface area (Å²) in [5.74, 6) is -0.0535. The number of hydrogen-bond acceptors (Lipinski definition) is 11. The summed E-state index contributed by atoms with van der Waals surface area (Å²) >= 11 is 4.24.